The Kier molecular flexibility index (Phi) is 28.5. The van der Waals surface area contributed by atoms with Crippen molar-refractivity contribution in [1.29, 1.82) is 0 Å². The Morgan fingerprint density at radius 3 is 1.90 bits per heavy atom. The van der Waals surface area contributed by atoms with Gasteiger partial charge in [-0.05, 0) is 47.1 Å². The number of ether oxygens (including phenoxy) is 2. The molecule has 2 aliphatic rings. The van der Waals surface area contributed by atoms with Crippen molar-refractivity contribution in [3.8, 4) is 0 Å². The van der Waals surface area contributed by atoms with Gasteiger partial charge in [0.05, 0.1) is 0 Å². The van der Waals surface area contributed by atoms with Crippen molar-refractivity contribution < 1.29 is 92.8 Å². The summed E-state index contributed by atoms with van der Waals surface area (Å²) in [7, 11) is 3.39. The average Bonchev–Trinajstić information content (AvgIpc) is 2.85. The van der Waals surface area contributed by atoms with Crippen molar-refractivity contribution in [2.24, 2.45) is 11.7 Å². The van der Waals surface area contributed by atoms with Crippen LogP contribution in [0, 0.1) is 20.3 Å². The maximum Gasteiger partial charge on any atom is 1.00 e. The summed E-state index contributed by atoms with van der Waals surface area (Å²) >= 11 is 0. The number of rotatable bonds is 1. The second-order valence-corrected chi connectivity index (χ2v) is 7.29. The van der Waals surface area contributed by atoms with Crippen LogP contribution in [0.4, 0.5) is 4.79 Å². The van der Waals surface area contributed by atoms with Gasteiger partial charge in [0, 0.05) is 25.7 Å². The van der Waals surface area contributed by atoms with Crippen LogP contribution < -0.4 is 79.9 Å². The zero-order valence-corrected chi connectivity index (χ0v) is 26.2. The number of methoxy groups -OCH3 is 1. The second kappa shape index (κ2) is 21.1. The molecule has 2 heterocycles. The van der Waals surface area contributed by atoms with Gasteiger partial charge in [-0.1, -0.05) is 33.7 Å². The molecular weight excluding hydrogens is 507 g/mol. The van der Waals surface area contributed by atoms with Gasteiger partial charge in [0.2, 0.25) is 0 Å². The molecule has 0 aromatic carbocycles. The topological polar surface area (TPSA) is 111 Å². The van der Waals surface area contributed by atoms with Gasteiger partial charge in [-0.15, -0.1) is 0 Å². The van der Waals surface area contributed by atoms with Gasteiger partial charge in [-0.2, -0.15) is 0 Å². The normalized spacial score (nSPS) is 18.4. The zero-order chi connectivity index (χ0) is 21.7. The van der Waals surface area contributed by atoms with E-state index in [1.807, 2.05) is 13.8 Å². The van der Waals surface area contributed by atoms with Crippen LogP contribution in [0.5, 0.6) is 0 Å². The number of nitrogens with one attached hydrogen (secondary N) is 1. The number of piperidine rings is 1. The van der Waals surface area contributed by atoms with Crippen molar-refractivity contribution in [2.75, 3.05) is 27.2 Å². The molecule has 0 aromatic heterocycles. The standard InChI is InChI=1S/C10H17N2O.C5H11NO2.C2H3O2.C2H6.CH4.CH3.Cs/c1-8-7-10(11-9(8)13)3-5-12(2)6-4-10;1-5(2,3)8-4(6)7;1-4-2-3;1-2;;;/h8H,1,3-7H2,2H3,(H,11,13);1-3H3,(H2,6,7);1H3;1-2H3;1H4;1H3;/q-1;;-1;;;-1;+1. The van der Waals surface area contributed by atoms with E-state index in [2.05, 4.69) is 33.7 Å². The quantitative estimate of drug-likeness (QED) is 0.448. The molecular formula is C21H44CsN3O5-2. The Morgan fingerprint density at radius 1 is 1.30 bits per heavy atom. The Labute approximate surface area is 244 Å². The smallest absolute Gasteiger partial charge is 0.655 e. The fourth-order valence-corrected chi connectivity index (χ4v) is 2.66. The van der Waals surface area contributed by atoms with E-state index in [0.717, 1.165) is 32.4 Å². The Hall–Kier alpha value is 0.222. The average molecular weight is 552 g/mol. The van der Waals surface area contributed by atoms with Gasteiger partial charge in [-0.3, -0.25) is 4.79 Å². The summed E-state index contributed by atoms with van der Waals surface area (Å²) < 4.78 is 8.31. The molecule has 1 atom stereocenters. The van der Waals surface area contributed by atoms with Crippen LogP contribution in [0.3, 0.4) is 0 Å². The largest absolute Gasteiger partial charge is 1.00 e. The van der Waals surface area contributed by atoms with E-state index in [9.17, 15) is 9.59 Å². The minimum Gasteiger partial charge on any atom is -0.655 e. The van der Waals surface area contributed by atoms with E-state index in [-0.39, 0.29) is 101 Å². The first-order chi connectivity index (χ1) is 12.4. The first kappa shape index (κ1) is 40.6. The molecule has 1 spiro atoms. The monoisotopic (exact) mass is 551 g/mol. The Bertz CT molecular complexity index is 448. The molecule has 0 saturated carbocycles. The third kappa shape index (κ3) is 20.1. The van der Waals surface area contributed by atoms with Crippen LogP contribution in [0.15, 0.2) is 0 Å². The summed E-state index contributed by atoms with van der Waals surface area (Å²) in [5.74, 6) is 0.118. The first-order valence-corrected chi connectivity index (χ1v) is 9.17. The maximum atomic E-state index is 11.3. The van der Waals surface area contributed by atoms with Crippen molar-refractivity contribution in [2.45, 2.75) is 72.4 Å². The SMILES string of the molecule is C.CC.CC(C)(C)OC(N)=O.CO[C-]=O.[CH2-]C1CC2(CCN(C)CC2)NC1=O.[CH3-].[Cs+]. The van der Waals surface area contributed by atoms with Crippen molar-refractivity contribution in [1.82, 2.24) is 10.2 Å². The van der Waals surface area contributed by atoms with Gasteiger partial charge in [0.15, 0.2) is 5.91 Å². The first-order valence-electron chi connectivity index (χ1n) is 9.17. The summed E-state index contributed by atoms with van der Waals surface area (Å²) in [6, 6.07) is 0. The molecule has 2 saturated heterocycles. The zero-order valence-electron chi connectivity index (χ0n) is 19.9. The van der Waals surface area contributed by atoms with E-state index in [1.165, 1.54) is 13.6 Å². The third-order valence-electron chi connectivity index (χ3n) is 3.83. The molecule has 1 unspecified atom stereocenters. The number of hydrogen-bond acceptors (Lipinski definition) is 6. The number of nitrogens with zero attached hydrogens (tertiary/aromatic N) is 1. The number of likely N-dealkylation sites (tertiary alicyclic amines) is 1. The molecule has 2 rings (SSSR count). The van der Waals surface area contributed by atoms with Crippen LogP contribution in [0.1, 0.15) is 61.3 Å². The second-order valence-electron chi connectivity index (χ2n) is 7.29. The molecule has 9 heteroatoms. The summed E-state index contributed by atoms with van der Waals surface area (Å²) in [6.07, 6.45) is 2.37. The van der Waals surface area contributed by atoms with Crippen LogP contribution >= 0.6 is 0 Å². The van der Waals surface area contributed by atoms with E-state index >= 15 is 0 Å². The van der Waals surface area contributed by atoms with Crippen LogP contribution in [-0.2, 0) is 19.1 Å². The van der Waals surface area contributed by atoms with Gasteiger partial charge in [0.1, 0.15) is 5.60 Å². The molecule has 2 amide bonds. The van der Waals surface area contributed by atoms with Crippen molar-refractivity contribution in [3.05, 3.63) is 14.4 Å². The summed E-state index contributed by atoms with van der Waals surface area (Å²) in [5, 5.41) is 3.11. The molecule has 0 bridgehead atoms. The molecule has 8 nitrogen and oxygen atoms in total. The van der Waals surface area contributed by atoms with E-state index < -0.39 is 11.7 Å². The summed E-state index contributed by atoms with van der Waals surface area (Å²) in [4.78, 5) is 32.5. The number of carbonyl (C=O) groups excluding carboxylic acids is 3. The predicted octanol–water partition coefficient (Wildman–Crippen LogP) is 0.118. The minimum absolute atomic E-state index is 0. The van der Waals surface area contributed by atoms with Gasteiger partial charge >= 0.3 is 75.0 Å². The fourth-order valence-electron chi connectivity index (χ4n) is 2.66. The Morgan fingerprint density at radius 2 is 1.70 bits per heavy atom. The third-order valence-corrected chi connectivity index (χ3v) is 3.83. The van der Waals surface area contributed by atoms with Crippen LogP contribution in [0.2, 0.25) is 0 Å². The van der Waals surface area contributed by atoms with Crippen molar-refractivity contribution in [3.63, 3.8) is 0 Å². The van der Waals surface area contributed by atoms with Crippen molar-refractivity contribution >= 4 is 18.5 Å². The van der Waals surface area contributed by atoms with E-state index in [4.69, 9.17) is 10.5 Å². The number of primary amides is 1. The van der Waals surface area contributed by atoms with Gasteiger partial charge in [0.25, 0.3) is 0 Å². The molecule has 2 fully saturated rings. The van der Waals surface area contributed by atoms with E-state index in [1.54, 1.807) is 20.8 Å². The van der Waals surface area contributed by atoms with Gasteiger partial charge < -0.3 is 44.6 Å². The minimum atomic E-state index is -0.725. The molecule has 0 aliphatic carbocycles. The molecule has 3 N–H and O–H groups in total. The molecule has 2 aliphatic heterocycles. The number of hydrogen-bond donors (Lipinski definition) is 2. The predicted molar refractivity (Wildman–Crippen MR) is 119 cm³/mol. The number of nitrogens with two attached hydrogens (primary N) is 1. The maximum absolute atomic E-state index is 11.3. The summed E-state index contributed by atoms with van der Waals surface area (Å²) in [6.45, 7) is 16.5. The Balaban J connectivity index is -0.000000108. The number of carbonyl (C=O) groups is 2. The van der Waals surface area contributed by atoms with Crippen LogP contribution in [-0.4, -0.2) is 61.8 Å². The molecule has 0 aromatic rings. The van der Waals surface area contributed by atoms with Gasteiger partial charge in [-0.25, -0.2) is 4.79 Å². The molecule has 0 radical (unpaired) electrons. The fraction of sp³-hybridized carbons (Fsp3) is 0.762. The van der Waals surface area contributed by atoms with E-state index in [0.29, 0.717) is 0 Å². The summed E-state index contributed by atoms with van der Waals surface area (Å²) in [5.41, 5.74) is 4.36. The number of amides is 2. The molecule has 176 valence electrons. The van der Waals surface area contributed by atoms with Crippen LogP contribution in [0.25, 0.3) is 0 Å². The molecule has 30 heavy (non-hydrogen) atoms.